The van der Waals surface area contributed by atoms with Gasteiger partial charge in [0.25, 0.3) is 5.91 Å². The summed E-state index contributed by atoms with van der Waals surface area (Å²) in [7, 11) is -1.63. The van der Waals surface area contributed by atoms with Gasteiger partial charge in [-0.25, -0.2) is 8.42 Å². The Morgan fingerprint density at radius 3 is 2.54 bits per heavy atom. The maximum absolute atomic E-state index is 12.4. The van der Waals surface area contributed by atoms with E-state index >= 15 is 0 Å². The number of benzene rings is 2. The van der Waals surface area contributed by atoms with Crippen molar-refractivity contribution >= 4 is 21.6 Å². The zero-order valence-electron chi connectivity index (χ0n) is 16.3. The van der Waals surface area contributed by atoms with E-state index in [1.54, 1.807) is 25.3 Å². The Hall–Kier alpha value is -2.54. The highest BCUT2D eigenvalue weighted by molar-refractivity contribution is 7.92. The molecule has 2 aromatic carbocycles. The van der Waals surface area contributed by atoms with Crippen molar-refractivity contribution in [3.63, 3.8) is 0 Å². The van der Waals surface area contributed by atoms with Crippen LogP contribution in [0.1, 0.15) is 34.3 Å². The predicted molar refractivity (Wildman–Crippen MR) is 111 cm³/mol. The Labute approximate surface area is 166 Å². The summed E-state index contributed by atoms with van der Waals surface area (Å²) in [5.41, 5.74) is 3.09. The molecule has 1 aliphatic rings. The summed E-state index contributed by atoms with van der Waals surface area (Å²) < 4.78 is 31.2. The highest BCUT2D eigenvalue weighted by Crippen LogP contribution is 2.27. The zero-order valence-corrected chi connectivity index (χ0v) is 17.1. The van der Waals surface area contributed by atoms with Crippen LogP contribution in [0.15, 0.2) is 42.5 Å². The number of nitrogens with one attached hydrogen (secondary N) is 1. The van der Waals surface area contributed by atoms with Crippen molar-refractivity contribution in [2.45, 2.75) is 26.2 Å². The summed E-state index contributed by atoms with van der Waals surface area (Å²) in [6, 6.07) is 12.9. The van der Waals surface area contributed by atoms with Gasteiger partial charge in [0, 0.05) is 18.7 Å². The molecular formula is C21H26N2O4S. The van der Waals surface area contributed by atoms with E-state index in [0.29, 0.717) is 30.8 Å². The Bertz CT molecular complexity index is 939. The molecule has 1 aliphatic heterocycles. The van der Waals surface area contributed by atoms with E-state index in [4.69, 9.17) is 4.74 Å². The van der Waals surface area contributed by atoms with Crippen LogP contribution < -0.4 is 14.4 Å². The number of rotatable bonds is 6. The summed E-state index contributed by atoms with van der Waals surface area (Å²) in [6.07, 6.45) is 2.28. The smallest absolute Gasteiger partial charge is 0.251 e. The summed E-state index contributed by atoms with van der Waals surface area (Å²) in [5.74, 6) is 0.823. The summed E-state index contributed by atoms with van der Waals surface area (Å²) in [6.45, 7) is 2.86. The summed E-state index contributed by atoms with van der Waals surface area (Å²) in [5, 5.41) is 2.92. The van der Waals surface area contributed by atoms with Crippen LogP contribution in [0.25, 0.3) is 0 Å². The lowest BCUT2D eigenvalue weighted by atomic mass is 10.1. The lowest BCUT2D eigenvalue weighted by molar-refractivity contribution is 0.0954. The fourth-order valence-electron chi connectivity index (χ4n) is 3.35. The monoisotopic (exact) mass is 402 g/mol. The van der Waals surface area contributed by atoms with Crippen molar-refractivity contribution in [2.75, 3.05) is 30.3 Å². The van der Waals surface area contributed by atoms with Crippen molar-refractivity contribution < 1.29 is 17.9 Å². The molecule has 0 aromatic heterocycles. The molecule has 0 bridgehead atoms. The van der Waals surface area contributed by atoms with Crippen LogP contribution in [0.5, 0.6) is 5.75 Å². The molecule has 0 radical (unpaired) electrons. The van der Waals surface area contributed by atoms with Gasteiger partial charge in [-0.2, -0.15) is 0 Å². The quantitative estimate of drug-likeness (QED) is 0.806. The first-order chi connectivity index (χ1) is 13.4. The third-order valence-corrected chi connectivity index (χ3v) is 6.79. The Morgan fingerprint density at radius 1 is 1.14 bits per heavy atom. The van der Waals surface area contributed by atoms with Crippen molar-refractivity contribution in [3.8, 4) is 5.75 Å². The van der Waals surface area contributed by atoms with E-state index in [-0.39, 0.29) is 11.7 Å². The molecule has 0 spiro atoms. The summed E-state index contributed by atoms with van der Waals surface area (Å²) in [4.78, 5) is 12.4. The number of carbonyl (C=O) groups excluding carboxylic acids is 1. The van der Waals surface area contributed by atoms with Crippen molar-refractivity contribution in [2.24, 2.45) is 0 Å². The average molecular weight is 403 g/mol. The third kappa shape index (κ3) is 4.65. The van der Waals surface area contributed by atoms with E-state index in [9.17, 15) is 13.2 Å². The molecule has 1 saturated heterocycles. The highest BCUT2D eigenvalue weighted by Gasteiger charge is 2.27. The zero-order chi connectivity index (χ0) is 20.1. The molecule has 0 atom stereocenters. The molecule has 1 fully saturated rings. The number of methoxy groups -OCH3 is 1. The molecule has 1 N–H and O–H groups in total. The lowest BCUT2D eigenvalue weighted by Crippen LogP contribution is -2.38. The number of hydrogen-bond acceptors (Lipinski definition) is 4. The molecule has 0 saturated carbocycles. The van der Waals surface area contributed by atoms with Crippen LogP contribution in [0.4, 0.5) is 5.69 Å². The van der Waals surface area contributed by atoms with Crippen molar-refractivity contribution in [1.82, 2.24) is 5.32 Å². The first kappa shape index (κ1) is 20.2. The van der Waals surface area contributed by atoms with E-state index < -0.39 is 10.0 Å². The number of amides is 1. The fourth-order valence-corrected chi connectivity index (χ4v) is 5.05. The number of anilines is 1. The molecule has 1 heterocycles. The normalized spacial score (nSPS) is 15.9. The van der Waals surface area contributed by atoms with E-state index in [1.807, 2.05) is 31.2 Å². The molecule has 3 rings (SSSR count). The molecule has 28 heavy (non-hydrogen) atoms. The van der Waals surface area contributed by atoms with Gasteiger partial charge in [0.2, 0.25) is 10.0 Å². The predicted octanol–water partition coefficient (Wildman–Crippen LogP) is 2.91. The number of nitrogens with zero attached hydrogens (tertiary/aromatic N) is 1. The Morgan fingerprint density at radius 2 is 1.89 bits per heavy atom. The SMILES string of the molecule is COc1ccc(CCNC(=O)c2ccc(N3CCCCS3(=O)=O)c(C)c2)cc1. The third-order valence-electron chi connectivity index (χ3n) is 4.94. The van der Waals surface area contributed by atoms with Crippen LogP contribution in [-0.2, 0) is 16.4 Å². The van der Waals surface area contributed by atoms with Gasteiger partial charge in [0.1, 0.15) is 5.75 Å². The second kappa shape index (κ2) is 8.65. The maximum atomic E-state index is 12.4. The van der Waals surface area contributed by atoms with E-state index in [2.05, 4.69) is 5.32 Å². The molecule has 150 valence electrons. The molecule has 2 aromatic rings. The molecule has 0 unspecified atom stereocenters. The molecule has 0 aliphatic carbocycles. The molecule has 1 amide bonds. The molecule has 6 nitrogen and oxygen atoms in total. The molecular weight excluding hydrogens is 376 g/mol. The van der Waals surface area contributed by atoms with Gasteiger partial charge in [-0.15, -0.1) is 0 Å². The van der Waals surface area contributed by atoms with Gasteiger partial charge in [-0.1, -0.05) is 12.1 Å². The second-order valence-electron chi connectivity index (χ2n) is 6.95. The number of sulfonamides is 1. The van der Waals surface area contributed by atoms with Gasteiger partial charge in [0.05, 0.1) is 18.6 Å². The second-order valence-corrected chi connectivity index (χ2v) is 8.96. The van der Waals surface area contributed by atoms with Crippen LogP contribution in [0.3, 0.4) is 0 Å². The fraction of sp³-hybridized carbons (Fsp3) is 0.381. The highest BCUT2D eigenvalue weighted by atomic mass is 32.2. The van der Waals surface area contributed by atoms with Gasteiger partial charge in [0.15, 0.2) is 0 Å². The number of ether oxygens (including phenoxy) is 1. The maximum Gasteiger partial charge on any atom is 0.251 e. The van der Waals surface area contributed by atoms with Gasteiger partial charge < -0.3 is 10.1 Å². The van der Waals surface area contributed by atoms with Crippen LogP contribution >= 0.6 is 0 Å². The van der Waals surface area contributed by atoms with Gasteiger partial charge >= 0.3 is 0 Å². The number of hydrogen-bond donors (Lipinski definition) is 1. The Balaban J connectivity index is 1.61. The summed E-state index contributed by atoms with van der Waals surface area (Å²) >= 11 is 0. The standard InChI is InChI=1S/C21H26N2O4S/c1-16-15-18(7-10-20(16)23-13-3-4-14-28(23,25)26)21(24)22-12-11-17-5-8-19(27-2)9-6-17/h5-10,15H,3-4,11-14H2,1-2H3,(H,22,24). The largest absolute Gasteiger partial charge is 0.497 e. The van der Waals surface area contributed by atoms with Gasteiger partial charge in [-0.05, 0) is 67.6 Å². The van der Waals surface area contributed by atoms with Gasteiger partial charge in [-0.3, -0.25) is 9.10 Å². The van der Waals surface area contributed by atoms with E-state index in [1.165, 1.54) is 4.31 Å². The van der Waals surface area contributed by atoms with E-state index in [0.717, 1.165) is 29.7 Å². The van der Waals surface area contributed by atoms with Crippen LogP contribution in [0.2, 0.25) is 0 Å². The van der Waals surface area contributed by atoms with Crippen LogP contribution in [-0.4, -0.2) is 40.3 Å². The topological polar surface area (TPSA) is 75.7 Å². The number of carbonyl (C=O) groups is 1. The number of aryl methyl sites for hydroxylation is 1. The minimum atomic E-state index is -3.26. The first-order valence-corrected chi connectivity index (χ1v) is 11.0. The minimum absolute atomic E-state index is 0.162. The lowest BCUT2D eigenvalue weighted by Gasteiger charge is -2.29. The van der Waals surface area contributed by atoms with Crippen LogP contribution in [0, 0.1) is 6.92 Å². The first-order valence-electron chi connectivity index (χ1n) is 9.43. The van der Waals surface area contributed by atoms with Crippen molar-refractivity contribution in [1.29, 1.82) is 0 Å². The molecule has 7 heteroatoms. The Kier molecular flexibility index (Phi) is 6.24. The van der Waals surface area contributed by atoms with Crippen molar-refractivity contribution in [3.05, 3.63) is 59.2 Å². The average Bonchev–Trinajstić information content (AvgIpc) is 2.68. The minimum Gasteiger partial charge on any atom is -0.497 e.